The number of rotatable bonds is 6. The second-order valence-corrected chi connectivity index (χ2v) is 6.12. The van der Waals surface area contributed by atoms with Gasteiger partial charge in [0, 0.05) is 22.7 Å². The van der Waals surface area contributed by atoms with Crippen LogP contribution in [0.3, 0.4) is 0 Å². The van der Waals surface area contributed by atoms with Crippen LogP contribution in [0.15, 0.2) is 42.5 Å². The van der Waals surface area contributed by atoms with Crippen molar-refractivity contribution in [1.82, 2.24) is 5.32 Å². The van der Waals surface area contributed by atoms with Gasteiger partial charge in [-0.2, -0.15) is 0 Å². The monoisotopic (exact) mass is 396 g/mol. The number of carbonyl (C=O) groups excluding carboxylic acids is 2. The summed E-state index contributed by atoms with van der Waals surface area (Å²) in [5.74, 6) is -1.58. The molecule has 1 N–H and O–H groups in total. The summed E-state index contributed by atoms with van der Waals surface area (Å²) in [6, 6.07) is 10.5. The highest BCUT2D eigenvalue weighted by Crippen LogP contribution is 2.24. The number of amides is 1. The molecule has 0 saturated heterocycles. The number of nitro benzene ring substituents is 1. The van der Waals surface area contributed by atoms with Gasteiger partial charge in [-0.05, 0) is 30.7 Å². The highest BCUT2D eigenvalue weighted by molar-refractivity contribution is 6.31. The largest absolute Gasteiger partial charge is 0.449 e. The predicted molar refractivity (Wildman–Crippen MR) is 96.3 cm³/mol. The van der Waals surface area contributed by atoms with E-state index in [0.29, 0.717) is 10.6 Å². The van der Waals surface area contributed by atoms with Crippen molar-refractivity contribution < 1.29 is 19.2 Å². The van der Waals surface area contributed by atoms with Crippen LogP contribution in [0.2, 0.25) is 10.0 Å². The van der Waals surface area contributed by atoms with Crippen molar-refractivity contribution >= 4 is 40.8 Å². The molecule has 0 aliphatic carbocycles. The molecule has 0 aliphatic heterocycles. The number of esters is 1. The maximum absolute atomic E-state index is 12.2. The van der Waals surface area contributed by atoms with E-state index in [1.165, 1.54) is 13.0 Å². The summed E-state index contributed by atoms with van der Waals surface area (Å²) in [7, 11) is 0. The Morgan fingerprint density at radius 3 is 2.58 bits per heavy atom. The third-order valence-electron chi connectivity index (χ3n) is 3.44. The Kier molecular flexibility index (Phi) is 6.54. The Balaban J connectivity index is 2.03. The number of ether oxygens (including phenoxy) is 1. The molecule has 0 fully saturated rings. The summed E-state index contributed by atoms with van der Waals surface area (Å²) in [6.07, 6.45) is -1.16. The topological polar surface area (TPSA) is 98.5 Å². The van der Waals surface area contributed by atoms with Crippen molar-refractivity contribution in [2.75, 3.05) is 0 Å². The highest BCUT2D eigenvalue weighted by atomic mass is 35.5. The van der Waals surface area contributed by atoms with Gasteiger partial charge in [0.05, 0.1) is 4.92 Å². The van der Waals surface area contributed by atoms with Gasteiger partial charge in [-0.15, -0.1) is 0 Å². The minimum absolute atomic E-state index is 0.137. The Labute approximate surface area is 159 Å². The van der Waals surface area contributed by atoms with E-state index in [0.717, 1.165) is 12.1 Å². The van der Waals surface area contributed by atoms with E-state index < -0.39 is 28.6 Å². The normalized spacial score (nSPS) is 11.5. The zero-order chi connectivity index (χ0) is 19.3. The molecule has 9 heteroatoms. The summed E-state index contributed by atoms with van der Waals surface area (Å²) in [5, 5.41) is 14.2. The van der Waals surface area contributed by atoms with E-state index in [-0.39, 0.29) is 17.1 Å². The molecule has 2 rings (SSSR count). The summed E-state index contributed by atoms with van der Waals surface area (Å²) >= 11 is 11.8. The molecular weight excluding hydrogens is 383 g/mol. The lowest BCUT2D eigenvalue weighted by molar-refractivity contribution is -0.385. The molecule has 0 aromatic heterocycles. The van der Waals surface area contributed by atoms with E-state index in [9.17, 15) is 19.7 Å². The Morgan fingerprint density at radius 1 is 1.23 bits per heavy atom. The molecule has 0 bridgehead atoms. The molecule has 26 heavy (non-hydrogen) atoms. The van der Waals surface area contributed by atoms with Crippen molar-refractivity contribution in [2.45, 2.75) is 19.6 Å². The van der Waals surface area contributed by atoms with E-state index in [1.807, 2.05) is 0 Å². The third kappa shape index (κ3) is 4.93. The summed E-state index contributed by atoms with van der Waals surface area (Å²) in [6.45, 7) is 1.51. The van der Waals surface area contributed by atoms with Crippen LogP contribution in [0.4, 0.5) is 5.69 Å². The van der Waals surface area contributed by atoms with Crippen LogP contribution in [0.25, 0.3) is 0 Å². The second-order valence-electron chi connectivity index (χ2n) is 5.28. The number of nitro groups is 1. The quantitative estimate of drug-likeness (QED) is 0.455. The first kappa shape index (κ1) is 19.7. The predicted octanol–water partition coefficient (Wildman–Crippen LogP) is 3.76. The number of benzene rings is 2. The molecule has 0 spiro atoms. The first-order valence-corrected chi connectivity index (χ1v) is 8.21. The molecular formula is C17H14Cl2N2O5. The van der Waals surface area contributed by atoms with Gasteiger partial charge in [0.15, 0.2) is 6.10 Å². The summed E-state index contributed by atoms with van der Waals surface area (Å²) in [4.78, 5) is 34.6. The molecule has 0 heterocycles. The van der Waals surface area contributed by atoms with Crippen LogP contribution in [-0.4, -0.2) is 22.9 Å². The van der Waals surface area contributed by atoms with E-state index in [4.69, 9.17) is 27.9 Å². The minimum atomic E-state index is -1.16. The molecule has 7 nitrogen and oxygen atoms in total. The van der Waals surface area contributed by atoms with E-state index in [1.54, 1.807) is 24.3 Å². The first-order valence-electron chi connectivity index (χ1n) is 7.45. The average molecular weight is 397 g/mol. The van der Waals surface area contributed by atoms with Crippen molar-refractivity contribution in [3.8, 4) is 0 Å². The zero-order valence-electron chi connectivity index (χ0n) is 13.6. The van der Waals surface area contributed by atoms with Gasteiger partial charge in [-0.3, -0.25) is 14.9 Å². The Bertz CT molecular complexity index is 857. The number of hydrogen-bond acceptors (Lipinski definition) is 5. The van der Waals surface area contributed by atoms with Gasteiger partial charge in [-0.1, -0.05) is 41.4 Å². The number of hydrogen-bond donors (Lipinski definition) is 1. The summed E-state index contributed by atoms with van der Waals surface area (Å²) < 4.78 is 5.02. The van der Waals surface area contributed by atoms with Gasteiger partial charge >= 0.3 is 5.97 Å². The number of nitrogens with one attached hydrogen (secondary N) is 1. The van der Waals surface area contributed by atoms with Crippen LogP contribution in [0, 0.1) is 10.1 Å². The SMILES string of the molecule is CC(OC(=O)c1cc(Cl)ccc1[N+](=O)[O-])C(=O)NCc1ccccc1Cl. The number of carbonyl (C=O) groups is 2. The zero-order valence-corrected chi connectivity index (χ0v) is 15.1. The maximum atomic E-state index is 12.2. The standard InChI is InChI=1S/C17H14Cl2N2O5/c1-10(16(22)20-9-11-4-2-3-5-14(11)19)26-17(23)13-8-12(18)6-7-15(13)21(24)25/h2-8,10H,9H2,1H3,(H,20,22). The fourth-order valence-corrected chi connectivity index (χ4v) is 2.45. The Hall–Kier alpha value is -2.64. The van der Waals surface area contributed by atoms with Crippen LogP contribution < -0.4 is 5.32 Å². The molecule has 2 aromatic carbocycles. The highest BCUT2D eigenvalue weighted by Gasteiger charge is 2.25. The van der Waals surface area contributed by atoms with Crippen LogP contribution in [0.5, 0.6) is 0 Å². The van der Waals surface area contributed by atoms with Gasteiger partial charge in [-0.25, -0.2) is 4.79 Å². The van der Waals surface area contributed by atoms with Gasteiger partial charge < -0.3 is 10.1 Å². The van der Waals surface area contributed by atoms with Crippen molar-refractivity contribution in [1.29, 1.82) is 0 Å². The fraction of sp³-hybridized carbons (Fsp3) is 0.176. The van der Waals surface area contributed by atoms with Crippen molar-refractivity contribution in [2.24, 2.45) is 0 Å². The molecule has 1 amide bonds. The Morgan fingerprint density at radius 2 is 1.92 bits per heavy atom. The lowest BCUT2D eigenvalue weighted by atomic mass is 10.2. The minimum Gasteiger partial charge on any atom is -0.449 e. The lowest BCUT2D eigenvalue weighted by Gasteiger charge is -2.14. The van der Waals surface area contributed by atoms with Gasteiger partial charge in [0.2, 0.25) is 0 Å². The van der Waals surface area contributed by atoms with Crippen molar-refractivity contribution in [3.63, 3.8) is 0 Å². The first-order chi connectivity index (χ1) is 12.3. The van der Waals surface area contributed by atoms with Gasteiger partial charge in [0.25, 0.3) is 11.6 Å². The van der Waals surface area contributed by atoms with Crippen molar-refractivity contribution in [3.05, 3.63) is 73.8 Å². The lowest BCUT2D eigenvalue weighted by Crippen LogP contribution is -2.35. The van der Waals surface area contributed by atoms with E-state index >= 15 is 0 Å². The maximum Gasteiger partial charge on any atom is 0.345 e. The molecule has 136 valence electrons. The average Bonchev–Trinajstić information content (AvgIpc) is 2.60. The molecule has 2 aromatic rings. The third-order valence-corrected chi connectivity index (χ3v) is 4.04. The molecule has 0 saturated carbocycles. The summed E-state index contributed by atoms with van der Waals surface area (Å²) in [5.41, 5.74) is -0.0807. The van der Waals surface area contributed by atoms with E-state index in [2.05, 4.69) is 5.32 Å². The number of halogens is 2. The molecule has 0 radical (unpaired) electrons. The van der Waals surface area contributed by atoms with Crippen LogP contribution in [-0.2, 0) is 16.1 Å². The molecule has 1 unspecified atom stereocenters. The smallest absolute Gasteiger partial charge is 0.345 e. The fourth-order valence-electron chi connectivity index (χ4n) is 2.08. The van der Waals surface area contributed by atoms with Gasteiger partial charge in [0.1, 0.15) is 5.56 Å². The molecule has 0 aliphatic rings. The second kappa shape index (κ2) is 8.64. The van der Waals surface area contributed by atoms with Crippen LogP contribution in [0.1, 0.15) is 22.8 Å². The number of nitrogens with zero attached hydrogens (tertiary/aromatic N) is 1. The molecule has 1 atom stereocenters. The van der Waals surface area contributed by atoms with Crippen LogP contribution >= 0.6 is 23.2 Å².